The van der Waals surface area contributed by atoms with Crippen LogP contribution in [0.3, 0.4) is 0 Å². The highest BCUT2D eigenvalue weighted by Crippen LogP contribution is 2.20. The highest BCUT2D eigenvalue weighted by molar-refractivity contribution is 5.79. The number of H-pyrrole nitrogens is 2. The van der Waals surface area contributed by atoms with Crippen molar-refractivity contribution in [2.45, 2.75) is 13.5 Å². The summed E-state index contributed by atoms with van der Waals surface area (Å²) in [6.07, 6.45) is 1.60. The Balaban J connectivity index is 1.58. The quantitative estimate of drug-likeness (QED) is 0.391. The molecular weight excluding hydrogens is 350 g/mol. The first-order valence-electron chi connectivity index (χ1n) is 8.34. The lowest BCUT2D eigenvalue weighted by atomic mass is 10.3. The van der Waals surface area contributed by atoms with E-state index in [0.29, 0.717) is 36.3 Å². The van der Waals surface area contributed by atoms with E-state index in [9.17, 15) is 4.79 Å². The number of rotatable bonds is 7. The zero-order chi connectivity index (χ0) is 18.6. The van der Waals surface area contributed by atoms with Gasteiger partial charge in [-0.1, -0.05) is 0 Å². The second kappa shape index (κ2) is 7.20. The maximum absolute atomic E-state index is 11.4. The molecule has 0 aliphatic rings. The summed E-state index contributed by atoms with van der Waals surface area (Å²) in [6, 6.07) is 9.25. The molecule has 0 amide bonds. The van der Waals surface area contributed by atoms with E-state index in [1.807, 2.05) is 25.1 Å². The van der Waals surface area contributed by atoms with Gasteiger partial charge in [-0.25, -0.2) is 4.79 Å². The van der Waals surface area contributed by atoms with Crippen molar-refractivity contribution in [2.24, 2.45) is 0 Å². The Morgan fingerprint density at radius 3 is 2.78 bits per heavy atom. The summed E-state index contributed by atoms with van der Waals surface area (Å²) in [5, 5.41) is 6.17. The number of hydrogen-bond acceptors (Lipinski definition) is 8. The Bertz CT molecular complexity index is 1100. The molecule has 10 heteroatoms. The summed E-state index contributed by atoms with van der Waals surface area (Å²) in [7, 11) is 0. The highest BCUT2D eigenvalue weighted by Gasteiger charge is 2.09. The summed E-state index contributed by atoms with van der Waals surface area (Å²) in [6.45, 7) is 2.71. The largest absolute Gasteiger partial charge is 0.467 e. The van der Waals surface area contributed by atoms with Crippen LogP contribution >= 0.6 is 0 Å². The Labute approximate surface area is 153 Å². The van der Waals surface area contributed by atoms with Crippen molar-refractivity contribution in [1.82, 2.24) is 24.9 Å². The van der Waals surface area contributed by atoms with Crippen LogP contribution in [0.2, 0.25) is 0 Å². The molecule has 138 valence electrons. The third-order valence-corrected chi connectivity index (χ3v) is 3.66. The summed E-state index contributed by atoms with van der Waals surface area (Å²) in [5.74, 6) is 1.42. The number of fused-ring (bicyclic) bond motifs is 1. The predicted molar refractivity (Wildman–Crippen MR) is 99.2 cm³/mol. The fourth-order valence-corrected chi connectivity index (χ4v) is 2.50. The molecule has 4 aromatic rings. The molecule has 4 N–H and O–H groups in total. The number of ether oxygens (including phenoxy) is 1. The van der Waals surface area contributed by atoms with Crippen LogP contribution in [0.1, 0.15) is 12.7 Å². The van der Waals surface area contributed by atoms with Gasteiger partial charge in [0.1, 0.15) is 5.76 Å². The van der Waals surface area contributed by atoms with Crippen LogP contribution in [0.5, 0.6) is 6.01 Å². The Morgan fingerprint density at radius 1 is 1.11 bits per heavy atom. The molecule has 0 atom stereocenters. The smallest absolute Gasteiger partial charge is 0.323 e. The fraction of sp³-hybridized carbons (Fsp3) is 0.176. The van der Waals surface area contributed by atoms with E-state index in [1.165, 1.54) is 0 Å². The first-order valence-corrected chi connectivity index (χ1v) is 8.34. The van der Waals surface area contributed by atoms with Crippen LogP contribution in [-0.4, -0.2) is 31.5 Å². The molecule has 27 heavy (non-hydrogen) atoms. The summed E-state index contributed by atoms with van der Waals surface area (Å²) < 4.78 is 10.7. The van der Waals surface area contributed by atoms with Crippen LogP contribution in [0, 0.1) is 0 Å². The number of imidazole rings is 1. The van der Waals surface area contributed by atoms with E-state index in [-0.39, 0.29) is 11.7 Å². The van der Waals surface area contributed by atoms with Crippen molar-refractivity contribution < 1.29 is 9.15 Å². The van der Waals surface area contributed by atoms with E-state index < -0.39 is 0 Å². The first kappa shape index (κ1) is 16.6. The second-order valence-corrected chi connectivity index (χ2v) is 5.60. The lowest BCUT2D eigenvalue weighted by molar-refractivity contribution is 0.312. The average Bonchev–Trinajstić information content (AvgIpc) is 3.28. The van der Waals surface area contributed by atoms with Crippen molar-refractivity contribution >= 4 is 28.6 Å². The number of hydrogen-bond donors (Lipinski definition) is 4. The first-order chi connectivity index (χ1) is 13.2. The molecule has 3 heterocycles. The third-order valence-electron chi connectivity index (χ3n) is 3.66. The number of aromatic nitrogens is 5. The molecule has 0 aliphatic heterocycles. The predicted octanol–water partition coefficient (Wildman–Crippen LogP) is 2.39. The van der Waals surface area contributed by atoms with Crippen molar-refractivity contribution in [3.05, 3.63) is 52.8 Å². The lowest BCUT2D eigenvalue weighted by Crippen LogP contribution is -2.09. The van der Waals surface area contributed by atoms with Gasteiger partial charge in [-0.05, 0) is 37.3 Å². The molecule has 0 saturated heterocycles. The molecule has 4 rings (SSSR count). The van der Waals surface area contributed by atoms with Crippen molar-refractivity contribution in [3.63, 3.8) is 0 Å². The van der Waals surface area contributed by atoms with Crippen LogP contribution in [0.25, 0.3) is 11.0 Å². The second-order valence-electron chi connectivity index (χ2n) is 5.60. The van der Waals surface area contributed by atoms with Gasteiger partial charge < -0.3 is 29.8 Å². The number of nitrogens with one attached hydrogen (secondary N) is 4. The van der Waals surface area contributed by atoms with E-state index in [2.05, 4.69) is 35.6 Å². The highest BCUT2D eigenvalue weighted by atomic mass is 16.5. The van der Waals surface area contributed by atoms with Crippen LogP contribution in [0.15, 0.2) is 45.8 Å². The maximum atomic E-state index is 11.4. The molecule has 0 fully saturated rings. The Kier molecular flexibility index (Phi) is 4.44. The van der Waals surface area contributed by atoms with E-state index >= 15 is 0 Å². The number of aromatic amines is 2. The molecule has 3 aromatic heterocycles. The van der Waals surface area contributed by atoms with Crippen LogP contribution in [0.4, 0.5) is 17.6 Å². The molecule has 0 aliphatic carbocycles. The maximum Gasteiger partial charge on any atom is 0.323 e. The number of benzene rings is 1. The van der Waals surface area contributed by atoms with Crippen LogP contribution in [-0.2, 0) is 6.54 Å². The van der Waals surface area contributed by atoms with Gasteiger partial charge in [0.15, 0.2) is 0 Å². The van der Waals surface area contributed by atoms with E-state index in [1.54, 1.807) is 18.4 Å². The summed E-state index contributed by atoms with van der Waals surface area (Å²) >= 11 is 0. The number of nitrogens with zero attached hydrogens (tertiary/aromatic N) is 3. The normalized spacial score (nSPS) is 10.9. The minimum Gasteiger partial charge on any atom is -0.467 e. The molecular formula is C17H17N7O3. The lowest BCUT2D eigenvalue weighted by Gasteiger charge is -2.10. The van der Waals surface area contributed by atoms with Gasteiger partial charge in [0.2, 0.25) is 11.9 Å². The Hall–Kier alpha value is -3.82. The van der Waals surface area contributed by atoms with Crippen molar-refractivity contribution in [3.8, 4) is 6.01 Å². The van der Waals surface area contributed by atoms with Gasteiger partial charge in [0.05, 0.1) is 30.4 Å². The third kappa shape index (κ3) is 3.89. The monoisotopic (exact) mass is 367 g/mol. The number of furan rings is 1. The van der Waals surface area contributed by atoms with Crippen molar-refractivity contribution in [2.75, 3.05) is 17.2 Å². The van der Waals surface area contributed by atoms with Gasteiger partial charge in [-0.2, -0.15) is 15.0 Å². The van der Waals surface area contributed by atoms with Gasteiger partial charge >= 0.3 is 11.7 Å². The molecule has 1 aromatic carbocycles. The van der Waals surface area contributed by atoms with Crippen LogP contribution < -0.4 is 21.1 Å². The minimum atomic E-state index is -0.259. The zero-order valence-electron chi connectivity index (χ0n) is 14.4. The molecule has 10 nitrogen and oxygen atoms in total. The summed E-state index contributed by atoms with van der Waals surface area (Å²) in [5.41, 5.74) is 1.85. The standard InChI is InChI=1S/C17H17N7O3/c1-2-26-17-23-14(18-9-11-4-3-7-27-11)22-15(24-17)19-10-5-6-12-13(8-10)21-16(25)20-12/h3-8H,2,9H2,1H3,(H2,20,21,25)(H2,18,19,22,23,24). The van der Waals surface area contributed by atoms with Gasteiger partial charge in [-0.15, -0.1) is 0 Å². The summed E-state index contributed by atoms with van der Waals surface area (Å²) in [4.78, 5) is 29.6. The topological polar surface area (TPSA) is 134 Å². The SMILES string of the molecule is CCOc1nc(NCc2ccco2)nc(Nc2ccc3[nH]c(=O)[nH]c3c2)n1. The molecule has 0 saturated carbocycles. The Morgan fingerprint density at radius 2 is 1.96 bits per heavy atom. The van der Waals surface area contributed by atoms with Gasteiger partial charge in [0.25, 0.3) is 0 Å². The van der Waals surface area contributed by atoms with Gasteiger partial charge in [0, 0.05) is 5.69 Å². The molecule has 0 bridgehead atoms. The zero-order valence-corrected chi connectivity index (χ0v) is 14.4. The van der Waals surface area contributed by atoms with E-state index in [4.69, 9.17) is 9.15 Å². The van der Waals surface area contributed by atoms with Gasteiger partial charge in [-0.3, -0.25) is 0 Å². The molecule has 0 spiro atoms. The average molecular weight is 367 g/mol. The van der Waals surface area contributed by atoms with E-state index in [0.717, 1.165) is 11.3 Å². The molecule has 0 radical (unpaired) electrons. The fourth-order valence-electron chi connectivity index (χ4n) is 2.50. The number of anilines is 3. The minimum absolute atomic E-state index is 0.202. The molecule has 0 unspecified atom stereocenters. The van der Waals surface area contributed by atoms with Crippen molar-refractivity contribution in [1.29, 1.82) is 0 Å².